The number of nitrogens with one attached hydrogen (secondary N) is 1. The summed E-state index contributed by atoms with van der Waals surface area (Å²) in [5, 5.41) is 3.09. The molecular weight excluding hydrogens is 329 g/mol. The zero-order chi connectivity index (χ0) is 18.4. The van der Waals surface area contributed by atoms with Crippen LogP contribution < -0.4 is 5.32 Å². The average molecular weight is 355 g/mol. The van der Waals surface area contributed by atoms with Gasteiger partial charge < -0.3 is 5.32 Å². The van der Waals surface area contributed by atoms with Crippen LogP contribution >= 0.6 is 0 Å². The SMILES string of the molecule is CC(CNC(=O)C(Cc1ccccn1)c1ccc(F)cc1)N1CCCC1. The van der Waals surface area contributed by atoms with Gasteiger partial charge in [-0.05, 0) is 62.7 Å². The van der Waals surface area contributed by atoms with E-state index < -0.39 is 0 Å². The number of pyridine rings is 1. The molecule has 1 saturated heterocycles. The molecule has 2 aromatic rings. The van der Waals surface area contributed by atoms with E-state index in [0.29, 0.717) is 19.0 Å². The number of hydrogen-bond donors (Lipinski definition) is 1. The van der Waals surface area contributed by atoms with E-state index in [1.54, 1.807) is 18.3 Å². The van der Waals surface area contributed by atoms with E-state index in [4.69, 9.17) is 0 Å². The van der Waals surface area contributed by atoms with Crippen molar-refractivity contribution >= 4 is 5.91 Å². The lowest BCUT2D eigenvalue weighted by Gasteiger charge is -2.25. The van der Waals surface area contributed by atoms with Gasteiger partial charge in [0.1, 0.15) is 5.82 Å². The van der Waals surface area contributed by atoms with Crippen molar-refractivity contribution in [3.8, 4) is 0 Å². The number of carbonyl (C=O) groups is 1. The third-order valence-corrected chi connectivity index (χ3v) is 5.06. The van der Waals surface area contributed by atoms with Gasteiger partial charge in [0.05, 0.1) is 5.92 Å². The van der Waals surface area contributed by atoms with Gasteiger partial charge in [-0.25, -0.2) is 4.39 Å². The standard InChI is InChI=1S/C21H26FN3O/c1-16(25-12-4-5-13-25)15-24-21(26)20(14-19-6-2-3-11-23-19)17-7-9-18(22)10-8-17/h2-3,6-11,16,20H,4-5,12-15H2,1H3,(H,24,26). The van der Waals surface area contributed by atoms with E-state index in [1.807, 2.05) is 18.2 Å². The molecule has 0 saturated carbocycles. The number of aromatic nitrogens is 1. The van der Waals surface area contributed by atoms with E-state index >= 15 is 0 Å². The second-order valence-electron chi connectivity index (χ2n) is 6.97. The van der Waals surface area contributed by atoms with Gasteiger partial charge in [0, 0.05) is 30.9 Å². The van der Waals surface area contributed by atoms with Gasteiger partial charge in [-0.2, -0.15) is 0 Å². The van der Waals surface area contributed by atoms with Crippen molar-refractivity contribution in [3.63, 3.8) is 0 Å². The minimum absolute atomic E-state index is 0.0340. The molecule has 1 aliphatic rings. The van der Waals surface area contributed by atoms with Crippen molar-refractivity contribution in [2.24, 2.45) is 0 Å². The summed E-state index contributed by atoms with van der Waals surface area (Å²) in [4.78, 5) is 19.6. The van der Waals surface area contributed by atoms with Crippen LogP contribution in [0.25, 0.3) is 0 Å². The first-order valence-corrected chi connectivity index (χ1v) is 9.30. The normalized spacial score (nSPS) is 17.0. The summed E-state index contributed by atoms with van der Waals surface area (Å²) in [5.41, 5.74) is 1.66. The van der Waals surface area contributed by atoms with Crippen LogP contribution in [-0.2, 0) is 11.2 Å². The first-order valence-electron chi connectivity index (χ1n) is 9.30. The van der Waals surface area contributed by atoms with Gasteiger partial charge in [-0.3, -0.25) is 14.7 Å². The number of halogens is 1. The molecule has 4 nitrogen and oxygen atoms in total. The van der Waals surface area contributed by atoms with Crippen LogP contribution in [0.1, 0.15) is 36.9 Å². The van der Waals surface area contributed by atoms with Gasteiger partial charge in [0.2, 0.25) is 5.91 Å². The van der Waals surface area contributed by atoms with Gasteiger partial charge in [0.25, 0.3) is 0 Å². The van der Waals surface area contributed by atoms with Crippen molar-refractivity contribution in [2.75, 3.05) is 19.6 Å². The maximum absolute atomic E-state index is 13.3. The molecule has 26 heavy (non-hydrogen) atoms. The predicted octanol–water partition coefficient (Wildman–Crippen LogP) is 3.15. The van der Waals surface area contributed by atoms with Gasteiger partial charge >= 0.3 is 0 Å². The van der Waals surface area contributed by atoms with Crippen LogP contribution in [-0.4, -0.2) is 41.5 Å². The van der Waals surface area contributed by atoms with Crippen LogP contribution in [0.15, 0.2) is 48.7 Å². The lowest BCUT2D eigenvalue weighted by atomic mass is 9.93. The highest BCUT2D eigenvalue weighted by Crippen LogP contribution is 2.21. The molecule has 0 radical (unpaired) electrons. The molecule has 1 N–H and O–H groups in total. The summed E-state index contributed by atoms with van der Waals surface area (Å²) in [6.07, 6.45) is 4.69. The monoisotopic (exact) mass is 355 g/mol. The summed E-state index contributed by atoms with van der Waals surface area (Å²) < 4.78 is 13.3. The van der Waals surface area contributed by atoms with Crippen LogP contribution in [0, 0.1) is 5.82 Å². The number of hydrogen-bond acceptors (Lipinski definition) is 3. The molecule has 2 heterocycles. The highest BCUT2D eigenvalue weighted by molar-refractivity contribution is 5.84. The maximum Gasteiger partial charge on any atom is 0.227 e. The maximum atomic E-state index is 13.3. The quantitative estimate of drug-likeness (QED) is 0.830. The Hall–Kier alpha value is -2.27. The zero-order valence-electron chi connectivity index (χ0n) is 15.2. The van der Waals surface area contributed by atoms with E-state index in [-0.39, 0.29) is 17.6 Å². The Morgan fingerprint density at radius 3 is 2.58 bits per heavy atom. The van der Waals surface area contributed by atoms with E-state index in [1.165, 1.54) is 25.0 Å². The predicted molar refractivity (Wildman–Crippen MR) is 100 cm³/mol. The number of nitrogens with zero attached hydrogens (tertiary/aromatic N) is 2. The van der Waals surface area contributed by atoms with Crippen LogP contribution in [0.3, 0.4) is 0 Å². The summed E-state index contributed by atoms with van der Waals surface area (Å²) in [7, 11) is 0. The molecule has 2 unspecified atom stereocenters. The van der Waals surface area contributed by atoms with E-state index in [0.717, 1.165) is 24.3 Å². The Morgan fingerprint density at radius 1 is 1.19 bits per heavy atom. The molecule has 1 aromatic heterocycles. The fraction of sp³-hybridized carbons (Fsp3) is 0.429. The number of likely N-dealkylation sites (tertiary alicyclic amines) is 1. The number of carbonyl (C=O) groups excluding carboxylic acids is 1. The second kappa shape index (κ2) is 8.90. The number of amides is 1. The average Bonchev–Trinajstić information content (AvgIpc) is 3.20. The van der Waals surface area contributed by atoms with Crippen LogP contribution in [0.4, 0.5) is 4.39 Å². The molecule has 1 amide bonds. The molecule has 2 atom stereocenters. The third kappa shape index (κ3) is 4.88. The van der Waals surface area contributed by atoms with Crippen molar-refractivity contribution in [1.82, 2.24) is 15.2 Å². The Morgan fingerprint density at radius 2 is 1.92 bits per heavy atom. The molecule has 1 aromatic carbocycles. The van der Waals surface area contributed by atoms with Gasteiger partial charge in [-0.1, -0.05) is 18.2 Å². The van der Waals surface area contributed by atoms with E-state index in [9.17, 15) is 9.18 Å². The summed E-state index contributed by atoms with van der Waals surface area (Å²) in [6.45, 7) is 4.98. The molecule has 0 spiro atoms. The van der Waals surface area contributed by atoms with Crippen LogP contribution in [0.2, 0.25) is 0 Å². The molecular formula is C21H26FN3O. The molecule has 1 aliphatic heterocycles. The Balaban J connectivity index is 1.69. The Labute approximate surface area is 154 Å². The smallest absolute Gasteiger partial charge is 0.227 e. The highest BCUT2D eigenvalue weighted by Gasteiger charge is 2.24. The highest BCUT2D eigenvalue weighted by atomic mass is 19.1. The van der Waals surface area contributed by atoms with Gasteiger partial charge in [-0.15, -0.1) is 0 Å². The van der Waals surface area contributed by atoms with Crippen molar-refractivity contribution in [2.45, 2.75) is 38.1 Å². The zero-order valence-corrected chi connectivity index (χ0v) is 15.2. The van der Waals surface area contributed by atoms with Crippen LogP contribution in [0.5, 0.6) is 0 Å². The molecule has 0 bridgehead atoms. The minimum atomic E-state index is -0.378. The fourth-order valence-corrected chi connectivity index (χ4v) is 3.47. The van der Waals surface area contributed by atoms with E-state index in [2.05, 4.69) is 22.1 Å². The summed E-state index contributed by atoms with van der Waals surface area (Å²) >= 11 is 0. The lowest BCUT2D eigenvalue weighted by molar-refractivity contribution is -0.122. The largest absolute Gasteiger partial charge is 0.354 e. The summed E-state index contributed by atoms with van der Waals surface area (Å²) in [5.74, 6) is -0.710. The molecule has 1 fully saturated rings. The lowest BCUT2D eigenvalue weighted by Crippen LogP contribution is -2.42. The Bertz CT molecular complexity index is 699. The molecule has 5 heteroatoms. The minimum Gasteiger partial charge on any atom is -0.354 e. The number of rotatable bonds is 7. The van der Waals surface area contributed by atoms with Crippen molar-refractivity contribution in [1.29, 1.82) is 0 Å². The first kappa shape index (κ1) is 18.5. The fourth-order valence-electron chi connectivity index (χ4n) is 3.47. The molecule has 138 valence electrons. The third-order valence-electron chi connectivity index (χ3n) is 5.06. The first-order chi connectivity index (χ1) is 12.6. The molecule has 0 aliphatic carbocycles. The van der Waals surface area contributed by atoms with Gasteiger partial charge in [0.15, 0.2) is 0 Å². The summed E-state index contributed by atoms with van der Waals surface area (Å²) in [6, 6.07) is 12.2. The van der Waals surface area contributed by atoms with Crippen molar-refractivity contribution < 1.29 is 9.18 Å². The van der Waals surface area contributed by atoms with Crippen molar-refractivity contribution in [3.05, 3.63) is 65.7 Å². The second-order valence-corrected chi connectivity index (χ2v) is 6.97. The number of benzene rings is 1. The Kier molecular flexibility index (Phi) is 6.34. The molecule has 3 rings (SSSR count). The topological polar surface area (TPSA) is 45.2 Å².